The summed E-state index contributed by atoms with van der Waals surface area (Å²) < 4.78 is 5.21. The van der Waals surface area contributed by atoms with Crippen LogP contribution in [0.4, 0.5) is 0 Å². The van der Waals surface area contributed by atoms with E-state index in [1.807, 2.05) is 6.92 Å². The summed E-state index contributed by atoms with van der Waals surface area (Å²) >= 11 is 3.50. The number of amides is 1. The smallest absolute Gasteiger partial charge is 0.287 e. The molecule has 1 rings (SSSR count). The van der Waals surface area contributed by atoms with Crippen molar-refractivity contribution in [3.8, 4) is 0 Å². The first-order chi connectivity index (χ1) is 7.00. The highest BCUT2D eigenvalue weighted by atomic mass is 79.9. The Kier molecular flexibility index (Phi) is 4.39. The summed E-state index contributed by atoms with van der Waals surface area (Å²) in [5, 5.41) is 2.81. The van der Waals surface area contributed by atoms with Gasteiger partial charge in [-0.3, -0.25) is 4.79 Å². The minimum atomic E-state index is -0.159. The molecule has 1 aromatic rings. The summed E-state index contributed by atoms with van der Waals surface area (Å²) in [5.74, 6) is 1.45. The normalized spacial score (nSPS) is 12.9. The molecule has 15 heavy (non-hydrogen) atoms. The molecule has 1 N–H and O–H groups in total. The number of alkyl halides is 1. The molecule has 1 unspecified atom stereocenters. The van der Waals surface area contributed by atoms with E-state index in [9.17, 15) is 4.79 Å². The first-order valence-electron chi connectivity index (χ1n) is 4.99. The van der Waals surface area contributed by atoms with Crippen molar-refractivity contribution in [2.24, 2.45) is 5.92 Å². The van der Waals surface area contributed by atoms with Crippen molar-refractivity contribution in [1.29, 1.82) is 0 Å². The summed E-state index contributed by atoms with van der Waals surface area (Å²) in [6, 6.07) is 3.46. The van der Waals surface area contributed by atoms with Gasteiger partial charge in [0, 0.05) is 11.4 Å². The second-order valence-corrected chi connectivity index (χ2v) is 5.06. The maximum atomic E-state index is 11.6. The lowest BCUT2D eigenvalue weighted by Crippen LogP contribution is -2.31. The average Bonchev–Trinajstić information content (AvgIpc) is 2.60. The molecule has 1 aromatic heterocycles. The summed E-state index contributed by atoms with van der Waals surface area (Å²) in [6.45, 7) is 6.62. The van der Waals surface area contributed by atoms with Crippen LogP contribution < -0.4 is 5.32 Å². The predicted octanol–water partition coefficient (Wildman–Crippen LogP) is 2.74. The van der Waals surface area contributed by atoms with Crippen molar-refractivity contribution in [3.05, 3.63) is 23.7 Å². The molecule has 0 spiro atoms. The Balaban J connectivity index is 2.43. The Morgan fingerprint density at radius 1 is 1.53 bits per heavy atom. The molecule has 4 heteroatoms. The van der Waals surface area contributed by atoms with Crippen LogP contribution in [0.15, 0.2) is 16.5 Å². The summed E-state index contributed by atoms with van der Waals surface area (Å²) in [4.78, 5) is 11.8. The second kappa shape index (κ2) is 5.35. The molecule has 0 aliphatic rings. The van der Waals surface area contributed by atoms with E-state index in [0.29, 0.717) is 18.2 Å². The molecular formula is C11H16BrNO2. The Morgan fingerprint density at radius 3 is 2.67 bits per heavy atom. The number of hydrogen-bond acceptors (Lipinski definition) is 2. The maximum absolute atomic E-state index is 11.6. The van der Waals surface area contributed by atoms with Crippen molar-refractivity contribution in [2.75, 3.05) is 6.54 Å². The number of hydrogen-bond donors (Lipinski definition) is 1. The van der Waals surface area contributed by atoms with Crippen LogP contribution >= 0.6 is 15.9 Å². The van der Waals surface area contributed by atoms with E-state index >= 15 is 0 Å². The Bertz CT molecular complexity index is 333. The van der Waals surface area contributed by atoms with Gasteiger partial charge < -0.3 is 9.73 Å². The highest BCUT2D eigenvalue weighted by molar-refractivity contribution is 9.09. The van der Waals surface area contributed by atoms with Crippen molar-refractivity contribution in [2.45, 2.75) is 25.6 Å². The van der Waals surface area contributed by atoms with Crippen LogP contribution in [0.5, 0.6) is 0 Å². The van der Waals surface area contributed by atoms with E-state index in [0.717, 1.165) is 5.76 Å². The van der Waals surface area contributed by atoms with Gasteiger partial charge in [0.25, 0.3) is 5.91 Å². The SMILES string of the molecule is Cc1ccc(C(=O)NCC(Br)C(C)C)o1. The summed E-state index contributed by atoms with van der Waals surface area (Å²) in [5.41, 5.74) is 0. The summed E-state index contributed by atoms with van der Waals surface area (Å²) in [6.07, 6.45) is 0. The molecule has 1 atom stereocenters. The van der Waals surface area contributed by atoms with E-state index in [4.69, 9.17) is 4.42 Å². The van der Waals surface area contributed by atoms with Gasteiger partial charge in [-0.1, -0.05) is 29.8 Å². The third-order valence-electron chi connectivity index (χ3n) is 2.15. The average molecular weight is 274 g/mol. The Hall–Kier alpha value is -0.770. The fourth-order valence-electron chi connectivity index (χ4n) is 1.07. The molecule has 0 fully saturated rings. The topological polar surface area (TPSA) is 42.2 Å². The second-order valence-electron chi connectivity index (χ2n) is 3.88. The van der Waals surface area contributed by atoms with E-state index in [2.05, 4.69) is 35.1 Å². The zero-order valence-corrected chi connectivity index (χ0v) is 10.8. The number of carbonyl (C=O) groups is 1. The third-order valence-corrected chi connectivity index (χ3v) is 3.53. The minimum absolute atomic E-state index is 0.159. The fourth-order valence-corrected chi connectivity index (χ4v) is 1.23. The zero-order chi connectivity index (χ0) is 11.4. The fraction of sp³-hybridized carbons (Fsp3) is 0.545. The zero-order valence-electron chi connectivity index (χ0n) is 9.21. The van der Waals surface area contributed by atoms with Crippen LogP contribution in [-0.2, 0) is 0 Å². The molecular weight excluding hydrogens is 258 g/mol. The van der Waals surface area contributed by atoms with Crippen LogP contribution in [0.2, 0.25) is 0 Å². The van der Waals surface area contributed by atoms with E-state index in [1.165, 1.54) is 0 Å². The van der Waals surface area contributed by atoms with Gasteiger partial charge in [-0.05, 0) is 25.0 Å². The van der Waals surface area contributed by atoms with Gasteiger partial charge in [-0.25, -0.2) is 0 Å². The molecule has 0 bridgehead atoms. The largest absolute Gasteiger partial charge is 0.456 e. The third kappa shape index (κ3) is 3.70. The molecule has 0 saturated carbocycles. The molecule has 0 aliphatic heterocycles. The van der Waals surface area contributed by atoms with Gasteiger partial charge in [-0.2, -0.15) is 0 Å². The molecule has 84 valence electrons. The summed E-state index contributed by atoms with van der Waals surface area (Å²) in [7, 11) is 0. The number of carbonyl (C=O) groups excluding carboxylic acids is 1. The van der Waals surface area contributed by atoms with Crippen molar-refractivity contribution >= 4 is 21.8 Å². The van der Waals surface area contributed by atoms with Crippen molar-refractivity contribution < 1.29 is 9.21 Å². The molecule has 3 nitrogen and oxygen atoms in total. The van der Waals surface area contributed by atoms with Gasteiger partial charge in [0.2, 0.25) is 0 Å². The van der Waals surface area contributed by atoms with Crippen molar-refractivity contribution in [3.63, 3.8) is 0 Å². The Morgan fingerprint density at radius 2 is 2.20 bits per heavy atom. The maximum Gasteiger partial charge on any atom is 0.287 e. The van der Waals surface area contributed by atoms with Gasteiger partial charge in [0.1, 0.15) is 5.76 Å². The molecule has 0 saturated heterocycles. The van der Waals surface area contributed by atoms with Crippen LogP contribution in [0.1, 0.15) is 30.2 Å². The number of furan rings is 1. The molecule has 1 heterocycles. The van der Waals surface area contributed by atoms with E-state index in [1.54, 1.807) is 12.1 Å². The van der Waals surface area contributed by atoms with Gasteiger partial charge in [0.05, 0.1) is 0 Å². The van der Waals surface area contributed by atoms with Gasteiger partial charge >= 0.3 is 0 Å². The van der Waals surface area contributed by atoms with Crippen LogP contribution in [0.3, 0.4) is 0 Å². The Labute approximate surface area is 98.4 Å². The number of aryl methyl sites for hydroxylation is 1. The molecule has 0 aromatic carbocycles. The first-order valence-corrected chi connectivity index (χ1v) is 5.91. The lowest BCUT2D eigenvalue weighted by Gasteiger charge is -2.13. The van der Waals surface area contributed by atoms with Gasteiger partial charge in [-0.15, -0.1) is 0 Å². The highest BCUT2D eigenvalue weighted by Crippen LogP contribution is 2.11. The van der Waals surface area contributed by atoms with Crippen LogP contribution in [-0.4, -0.2) is 17.3 Å². The van der Waals surface area contributed by atoms with Crippen LogP contribution in [0.25, 0.3) is 0 Å². The quantitative estimate of drug-likeness (QED) is 0.858. The molecule has 0 radical (unpaired) electrons. The first kappa shape index (κ1) is 12.3. The van der Waals surface area contributed by atoms with E-state index in [-0.39, 0.29) is 10.7 Å². The van der Waals surface area contributed by atoms with Crippen molar-refractivity contribution in [1.82, 2.24) is 5.32 Å². The monoisotopic (exact) mass is 273 g/mol. The predicted molar refractivity (Wildman–Crippen MR) is 63.3 cm³/mol. The lowest BCUT2D eigenvalue weighted by atomic mass is 10.1. The van der Waals surface area contributed by atoms with Crippen LogP contribution in [0, 0.1) is 12.8 Å². The standard InChI is InChI=1S/C11H16BrNO2/c1-7(2)9(12)6-13-11(14)10-5-4-8(3)15-10/h4-5,7,9H,6H2,1-3H3,(H,13,14). The number of rotatable bonds is 4. The molecule has 0 aliphatic carbocycles. The highest BCUT2D eigenvalue weighted by Gasteiger charge is 2.13. The number of nitrogens with one attached hydrogen (secondary N) is 1. The number of halogens is 1. The molecule has 1 amide bonds. The van der Waals surface area contributed by atoms with Gasteiger partial charge in [0.15, 0.2) is 5.76 Å². The van der Waals surface area contributed by atoms with E-state index < -0.39 is 0 Å². The minimum Gasteiger partial charge on any atom is -0.456 e. The lowest BCUT2D eigenvalue weighted by molar-refractivity contribution is 0.0924.